The number of nitrogens with zero attached hydrogens (tertiary/aromatic N) is 3. The van der Waals surface area contributed by atoms with Gasteiger partial charge in [0.15, 0.2) is 10.0 Å². The number of thioether (sulfide) groups is 1. The summed E-state index contributed by atoms with van der Waals surface area (Å²) in [6.07, 6.45) is -0.655. The van der Waals surface area contributed by atoms with Gasteiger partial charge in [0.2, 0.25) is 0 Å². The van der Waals surface area contributed by atoms with Crippen LogP contribution in [0.2, 0.25) is 5.02 Å². The van der Waals surface area contributed by atoms with Crippen LogP contribution < -0.4 is 0 Å². The number of halogens is 4. The van der Waals surface area contributed by atoms with E-state index in [-0.39, 0.29) is 5.01 Å². The predicted molar refractivity (Wildman–Crippen MR) is 115 cm³/mol. The minimum atomic E-state index is -2.62. The molecule has 1 aromatic carbocycles. The van der Waals surface area contributed by atoms with E-state index >= 15 is 0 Å². The molecule has 0 bridgehead atoms. The van der Waals surface area contributed by atoms with Crippen molar-refractivity contribution in [1.82, 2.24) is 14.6 Å². The Morgan fingerprint density at radius 3 is 2.67 bits per heavy atom. The van der Waals surface area contributed by atoms with Gasteiger partial charge in [-0.05, 0) is 40.3 Å². The summed E-state index contributed by atoms with van der Waals surface area (Å²) in [6.45, 7) is 0. The molecule has 0 fully saturated rings. The fraction of sp³-hybridized carbons (Fsp3) is 0.111. The maximum atomic E-state index is 12.9. The molecule has 0 saturated carbocycles. The van der Waals surface area contributed by atoms with E-state index in [1.807, 2.05) is 40.9 Å². The Bertz CT molecular complexity index is 1100. The van der Waals surface area contributed by atoms with E-state index < -0.39 is 6.43 Å². The first-order valence-corrected chi connectivity index (χ1v) is 11.1. The Hall–Kier alpha value is -1.23. The molecule has 0 atom stereocenters. The molecule has 0 radical (unpaired) electrons. The van der Waals surface area contributed by atoms with Crippen LogP contribution in [0.1, 0.15) is 17.0 Å². The quantitative estimate of drug-likeness (QED) is 0.205. The highest BCUT2D eigenvalue weighted by atomic mass is 127. The standard InChI is InChI=1S/C18H11ClF2IN3S2/c19-12-6-11(26-9-10-4-2-1-3-5-10)8-25-14(7-13(22)15(12)25)17-23-24-18(27-17)16(20)21/h1-8,16H,9H2. The summed E-state index contributed by atoms with van der Waals surface area (Å²) in [5.74, 6) is 0.810. The number of aromatic nitrogens is 3. The summed E-state index contributed by atoms with van der Waals surface area (Å²) in [4.78, 5) is 0.989. The Labute approximate surface area is 180 Å². The molecule has 3 heterocycles. The van der Waals surface area contributed by atoms with Crippen LogP contribution in [0, 0.1) is 3.57 Å². The van der Waals surface area contributed by atoms with Gasteiger partial charge in [0.05, 0.1) is 16.2 Å². The summed E-state index contributed by atoms with van der Waals surface area (Å²) in [5.41, 5.74) is 2.76. The first kappa shape index (κ1) is 19.1. The number of benzene rings is 1. The number of pyridine rings is 1. The molecule has 9 heteroatoms. The molecular weight excluding hydrogens is 523 g/mol. The van der Waals surface area contributed by atoms with Crippen molar-refractivity contribution in [2.45, 2.75) is 17.1 Å². The largest absolute Gasteiger partial charge is 0.311 e. The summed E-state index contributed by atoms with van der Waals surface area (Å²) >= 11 is 11.3. The zero-order valence-corrected chi connectivity index (χ0v) is 18.1. The Morgan fingerprint density at radius 2 is 1.96 bits per heavy atom. The second-order valence-corrected chi connectivity index (χ2v) is 9.27. The van der Waals surface area contributed by atoms with Crippen LogP contribution in [0.25, 0.3) is 16.2 Å². The summed E-state index contributed by atoms with van der Waals surface area (Å²) < 4.78 is 28.6. The minimum absolute atomic E-state index is 0.282. The van der Waals surface area contributed by atoms with Gasteiger partial charge in [0.25, 0.3) is 6.43 Å². The van der Waals surface area contributed by atoms with Gasteiger partial charge in [-0.2, -0.15) is 0 Å². The molecule has 0 spiro atoms. The monoisotopic (exact) mass is 533 g/mol. The second-order valence-electron chi connectivity index (χ2n) is 5.64. The highest BCUT2D eigenvalue weighted by Crippen LogP contribution is 2.37. The molecule has 0 amide bonds. The van der Waals surface area contributed by atoms with E-state index in [1.165, 1.54) is 5.56 Å². The van der Waals surface area contributed by atoms with E-state index in [2.05, 4.69) is 44.9 Å². The lowest BCUT2D eigenvalue weighted by Gasteiger charge is -2.07. The molecular formula is C18H11ClF2IN3S2. The summed E-state index contributed by atoms with van der Waals surface area (Å²) in [7, 11) is 0. The van der Waals surface area contributed by atoms with Gasteiger partial charge in [-0.15, -0.1) is 22.0 Å². The maximum absolute atomic E-state index is 12.9. The van der Waals surface area contributed by atoms with Crippen molar-refractivity contribution in [2.24, 2.45) is 0 Å². The van der Waals surface area contributed by atoms with Gasteiger partial charge >= 0.3 is 0 Å². The third kappa shape index (κ3) is 3.98. The van der Waals surface area contributed by atoms with Crippen molar-refractivity contribution < 1.29 is 8.78 Å². The summed E-state index contributed by atoms with van der Waals surface area (Å²) in [5, 5.41) is 8.31. The Morgan fingerprint density at radius 1 is 1.19 bits per heavy atom. The number of fused-ring (bicyclic) bond motifs is 1. The number of hydrogen-bond donors (Lipinski definition) is 0. The lowest BCUT2D eigenvalue weighted by molar-refractivity contribution is 0.150. The molecule has 3 nitrogen and oxygen atoms in total. The van der Waals surface area contributed by atoms with E-state index in [0.29, 0.717) is 15.7 Å². The molecule has 0 aliphatic rings. The molecule has 27 heavy (non-hydrogen) atoms. The van der Waals surface area contributed by atoms with E-state index in [0.717, 1.165) is 31.1 Å². The second kappa shape index (κ2) is 8.02. The fourth-order valence-corrected chi connectivity index (χ4v) is 5.62. The number of alkyl halides is 2. The van der Waals surface area contributed by atoms with Gasteiger partial charge in [-0.1, -0.05) is 53.3 Å². The average Bonchev–Trinajstić information content (AvgIpc) is 3.26. The van der Waals surface area contributed by atoms with Gasteiger partial charge in [-0.25, -0.2) is 8.78 Å². The van der Waals surface area contributed by atoms with Crippen molar-refractivity contribution in [3.63, 3.8) is 0 Å². The van der Waals surface area contributed by atoms with Crippen molar-refractivity contribution >= 4 is 62.8 Å². The Kier molecular flexibility index (Phi) is 5.68. The molecule has 0 N–H and O–H groups in total. The van der Waals surface area contributed by atoms with Crippen LogP contribution in [0.15, 0.2) is 53.6 Å². The third-order valence-electron chi connectivity index (χ3n) is 3.84. The van der Waals surface area contributed by atoms with Crippen LogP contribution in [0.4, 0.5) is 8.78 Å². The van der Waals surface area contributed by atoms with Crippen LogP contribution >= 0.6 is 57.3 Å². The van der Waals surface area contributed by atoms with Crippen molar-refractivity contribution in [2.75, 3.05) is 0 Å². The van der Waals surface area contributed by atoms with E-state index in [9.17, 15) is 8.78 Å². The zero-order chi connectivity index (χ0) is 19.0. The van der Waals surface area contributed by atoms with E-state index in [1.54, 1.807) is 11.8 Å². The van der Waals surface area contributed by atoms with Crippen LogP contribution in [0.3, 0.4) is 0 Å². The highest BCUT2D eigenvalue weighted by Gasteiger charge is 2.19. The summed E-state index contributed by atoms with van der Waals surface area (Å²) in [6, 6.07) is 14.0. The molecule has 0 aliphatic heterocycles. The van der Waals surface area contributed by atoms with Crippen LogP contribution in [0.5, 0.6) is 0 Å². The van der Waals surface area contributed by atoms with Crippen LogP contribution in [-0.2, 0) is 5.75 Å². The molecule has 4 aromatic rings. The third-order valence-corrected chi connectivity index (χ3v) is 6.93. The lowest BCUT2D eigenvalue weighted by Crippen LogP contribution is -1.91. The van der Waals surface area contributed by atoms with Crippen molar-refractivity contribution in [1.29, 1.82) is 0 Å². The molecule has 3 aromatic heterocycles. The average molecular weight is 534 g/mol. The van der Waals surface area contributed by atoms with Gasteiger partial charge in [-0.3, -0.25) is 0 Å². The first-order chi connectivity index (χ1) is 13.0. The molecule has 0 aliphatic carbocycles. The molecule has 0 unspecified atom stereocenters. The smallest absolute Gasteiger partial charge is 0.291 e. The SMILES string of the molecule is FC(F)c1nnc(-c2cc(I)c3c(Cl)cc(SCc4ccccc4)cn23)s1. The number of hydrogen-bond acceptors (Lipinski definition) is 4. The first-order valence-electron chi connectivity index (χ1n) is 7.81. The van der Waals surface area contributed by atoms with E-state index in [4.69, 9.17) is 11.6 Å². The van der Waals surface area contributed by atoms with Gasteiger partial charge in [0, 0.05) is 20.4 Å². The van der Waals surface area contributed by atoms with Crippen LogP contribution in [-0.4, -0.2) is 14.6 Å². The maximum Gasteiger partial charge on any atom is 0.291 e. The molecule has 0 saturated heterocycles. The Balaban J connectivity index is 1.73. The molecule has 138 valence electrons. The zero-order valence-electron chi connectivity index (χ0n) is 13.6. The fourth-order valence-electron chi connectivity index (χ4n) is 2.63. The van der Waals surface area contributed by atoms with Gasteiger partial charge in [0.1, 0.15) is 0 Å². The van der Waals surface area contributed by atoms with Gasteiger partial charge < -0.3 is 4.40 Å². The normalized spacial score (nSPS) is 11.6. The highest BCUT2D eigenvalue weighted by molar-refractivity contribution is 14.1. The predicted octanol–water partition coefficient (Wildman–Crippen LogP) is 6.95. The molecule has 4 rings (SSSR count). The number of rotatable bonds is 5. The minimum Gasteiger partial charge on any atom is -0.311 e. The van der Waals surface area contributed by atoms with Crippen molar-refractivity contribution in [3.8, 4) is 10.7 Å². The topological polar surface area (TPSA) is 30.2 Å². The van der Waals surface area contributed by atoms with Crippen molar-refractivity contribution in [3.05, 3.63) is 67.8 Å². The lowest BCUT2D eigenvalue weighted by atomic mass is 10.2.